The summed E-state index contributed by atoms with van der Waals surface area (Å²) in [5.74, 6) is 0. The average Bonchev–Trinajstić information content (AvgIpc) is 2.76. The second-order valence-corrected chi connectivity index (χ2v) is 24.8. The number of rotatable bonds is 8. The minimum absolute atomic E-state index is 0.351. The summed E-state index contributed by atoms with van der Waals surface area (Å²) in [5, 5.41) is 6.62. The molecule has 0 aliphatic carbocycles. The lowest BCUT2D eigenvalue weighted by Crippen LogP contribution is -2.53. The molecule has 144 valence electrons. The topological polar surface area (TPSA) is 0 Å². The highest BCUT2D eigenvalue weighted by Gasteiger charge is 2.33. The zero-order valence-electron chi connectivity index (χ0n) is 16.9. The van der Waals surface area contributed by atoms with Gasteiger partial charge in [0.25, 0.3) is 0 Å². The van der Waals surface area contributed by atoms with E-state index in [0.29, 0.717) is 3.91 Å². The van der Waals surface area contributed by atoms with Gasteiger partial charge in [-0.25, -0.2) is 0 Å². The van der Waals surface area contributed by atoms with E-state index in [4.69, 9.17) is 0 Å². The fraction of sp³-hybridized carbons (Fsp3) is 0.0400. The van der Waals surface area contributed by atoms with Crippen LogP contribution in [0.4, 0.5) is 0 Å². The first-order valence-electron chi connectivity index (χ1n) is 10.5. The van der Waals surface area contributed by atoms with E-state index in [1.165, 1.54) is 0 Å². The molecular formula is C25H28Si4. The van der Waals surface area contributed by atoms with Crippen LogP contribution in [-0.4, -0.2) is 38.1 Å². The van der Waals surface area contributed by atoms with Crippen molar-refractivity contribution in [1.29, 1.82) is 0 Å². The Bertz CT molecular complexity index is 818. The number of benzene rings is 4. The van der Waals surface area contributed by atoms with Crippen LogP contribution in [0.3, 0.4) is 0 Å². The fourth-order valence-electron chi connectivity index (χ4n) is 4.49. The third-order valence-corrected chi connectivity index (χ3v) is 21.2. The largest absolute Gasteiger partial charge is 0.0672 e. The van der Waals surface area contributed by atoms with E-state index in [2.05, 4.69) is 121 Å². The normalized spacial score (nSPS) is 14.6. The van der Waals surface area contributed by atoms with Crippen LogP contribution in [0.25, 0.3) is 0 Å². The van der Waals surface area contributed by atoms with Crippen molar-refractivity contribution in [1.82, 2.24) is 0 Å². The zero-order chi connectivity index (χ0) is 19.8. The lowest BCUT2D eigenvalue weighted by atomic mass is 10.4. The third kappa shape index (κ3) is 5.87. The van der Waals surface area contributed by atoms with E-state index in [9.17, 15) is 0 Å². The molecule has 4 aromatic carbocycles. The molecule has 0 fully saturated rings. The van der Waals surface area contributed by atoms with Gasteiger partial charge in [0.15, 0.2) is 0 Å². The van der Waals surface area contributed by atoms with E-state index in [-0.39, 0.29) is 38.1 Å². The van der Waals surface area contributed by atoms with Crippen molar-refractivity contribution in [3.8, 4) is 0 Å². The van der Waals surface area contributed by atoms with Gasteiger partial charge in [0.1, 0.15) is 0 Å². The Balaban J connectivity index is 1.75. The van der Waals surface area contributed by atoms with Crippen molar-refractivity contribution in [2.45, 2.75) is 3.91 Å². The van der Waals surface area contributed by atoms with Crippen LogP contribution in [0.1, 0.15) is 0 Å². The lowest BCUT2D eigenvalue weighted by molar-refractivity contribution is 1.54. The monoisotopic (exact) mass is 440 g/mol. The Labute approximate surface area is 183 Å². The molecule has 0 aliphatic heterocycles. The maximum absolute atomic E-state index is 2.40. The molecule has 0 spiro atoms. The van der Waals surface area contributed by atoms with Gasteiger partial charge in [-0.05, 0) is 0 Å². The molecule has 29 heavy (non-hydrogen) atoms. The maximum Gasteiger partial charge on any atom is 0.0525 e. The minimum Gasteiger partial charge on any atom is -0.0672 e. The van der Waals surface area contributed by atoms with Crippen LogP contribution >= 0.6 is 0 Å². The Morgan fingerprint density at radius 2 is 0.517 bits per heavy atom. The molecule has 0 radical (unpaired) electrons. The fourth-order valence-corrected chi connectivity index (χ4v) is 23.4. The van der Waals surface area contributed by atoms with Crippen LogP contribution in [-0.2, 0) is 0 Å². The third-order valence-electron chi connectivity index (χ3n) is 5.69. The van der Waals surface area contributed by atoms with Gasteiger partial charge in [0, 0.05) is 0 Å². The van der Waals surface area contributed by atoms with Crippen molar-refractivity contribution in [3.63, 3.8) is 0 Å². The lowest BCUT2D eigenvalue weighted by Gasteiger charge is -2.34. The van der Waals surface area contributed by atoms with Gasteiger partial charge in [-0.1, -0.05) is 146 Å². The first kappa shape index (κ1) is 20.0. The SMILES string of the molecule is c1ccc([SiH2]C([SiH2]c2ccccc2)([SiH2]c2ccccc2)[SiH2]c2ccccc2)cc1. The van der Waals surface area contributed by atoms with Crippen LogP contribution in [0, 0.1) is 0 Å². The van der Waals surface area contributed by atoms with Crippen LogP contribution < -0.4 is 20.7 Å². The van der Waals surface area contributed by atoms with E-state index in [1.54, 1.807) is 20.7 Å². The van der Waals surface area contributed by atoms with Gasteiger partial charge in [-0.2, -0.15) is 0 Å². The maximum atomic E-state index is 2.40. The van der Waals surface area contributed by atoms with E-state index in [1.807, 2.05) is 0 Å². The second kappa shape index (κ2) is 9.98. The first-order valence-corrected chi connectivity index (χ1v) is 16.1. The Morgan fingerprint density at radius 1 is 0.310 bits per heavy atom. The molecule has 0 bridgehead atoms. The molecule has 0 aromatic heterocycles. The summed E-state index contributed by atoms with van der Waals surface area (Å²) < 4.78 is 0.672. The van der Waals surface area contributed by atoms with Crippen LogP contribution in [0.5, 0.6) is 0 Å². The quantitative estimate of drug-likeness (QED) is 0.338. The summed E-state index contributed by atoms with van der Waals surface area (Å²) in [6, 6.07) is 45.8. The predicted octanol–water partition coefficient (Wildman–Crippen LogP) is -0.00520. The van der Waals surface area contributed by atoms with E-state index >= 15 is 0 Å². The molecule has 0 atom stereocenters. The Kier molecular flexibility index (Phi) is 6.90. The Hall–Kier alpha value is -2.25. The molecular weight excluding hydrogens is 413 g/mol. The van der Waals surface area contributed by atoms with Crippen LogP contribution in [0.15, 0.2) is 121 Å². The second-order valence-electron chi connectivity index (χ2n) is 8.15. The molecule has 4 aromatic rings. The average molecular weight is 441 g/mol. The van der Waals surface area contributed by atoms with Crippen molar-refractivity contribution >= 4 is 58.8 Å². The van der Waals surface area contributed by atoms with Gasteiger partial charge in [-0.3, -0.25) is 0 Å². The Morgan fingerprint density at radius 3 is 0.724 bits per heavy atom. The highest BCUT2D eigenvalue weighted by Crippen LogP contribution is 2.20. The molecule has 0 nitrogen and oxygen atoms in total. The standard InChI is InChI=1S/C25H28Si4/c1-5-13-21(14-6-1)26-25(27-22-15-7-2-8-16-22,28-23-17-9-3-10-18-23)29-24-19-11-4-12-20-24/h1-20H,26-29H2. The molecule has 0 N–H and O–H groups in total. The van der Waals surface area contributed by atoms with E-state index in [0.717, 1.165) is 0 Å². The summed E-state index contributed by atoms with van der Waals surface area (Å²) in [6.07, 6.45) is 0. The summed E-state index contributed by atoms with van der Waals surface area (Å²) in [5.41, 5.74) is 0. The van der Waals surface area contributed by atoms with Gasteiger partial charge in [0.05, 0.1) is 38.1 Å². The molecule has 0 heterocycles. The van der Waals surface area contributed by atoms with Crippen molar-refractivity contribution < 1.29 is 0 Å². The van der Waals surface area contributed by atoms with Gasteiger partial charge >= 0.3 is 0 Å². The summed E-state index contributed by atoms with van der Waals surface area (Å²) in [6.45, 7) is 0. The minimum atomic E-state index is -0.351. The molecule has 0 saturated carbocycles. The molecule has 0 unspecified atom stereocenters. The predicted molar refractivity (Wildman–Crippen MR) is 141 cm³/mol. The smallest absolute Gasteiger partial charge is 0.0525 e. The highest BCUT2D eigenvalue weighted by atomic mass is 28.4. The van der Waals surface area contributed by atoms with Crippen molar-refractivity contribution in [3.05, 3.63) is 121 Å². The van der Waals surface area contributed by atoms with E-state index < -0.39 is 0 Å². The first-order chi connectivity index (χ1) is 14.3. The summed E-state index contributed by atoms with van der Waals surface area (Å²) in [7, 11) is -1.40. The summed E-state index contributed by atoms with van der Waals surface area (Å²) in [4.78, 5) is 0. The van der Waals surface area contributed by atoms with Crippen LogP contribution in [0.2, 0.25) is 3.91 Å². The van der Waals surface area contributed by atoms with Gasteiger partial charge < -0.3 is 0 Å². The number of hydrogen-bond donors (Lipinski definition) is 0. The number of hydrogen-bond acceptors (Lipinski definition) is 0. The highest BCUT2D eigenvalue weighted by molar-refractivity contribution is 7.06. The van der Waals surface area contributed by atoms with Crippen molar-refractivity contribution in [2.24, 2.45) is 0 Å². The van der Waals surface area contributed by atoms with Gasteiger partial charge in [0.2, 0.25) is 0 Å². The molecule has 0 amide bonds. The molecule has 4 heteroatoms. The molecule has 0 saturated heterocycles. The molecule has 4 rings (SSSR count). The van der Waals surface area contributed by atoms with Gasteiger partial charge in [-0.15, -0.1) is 0 Å². The summed E-state index contributed by atoms with van der Waals surface area (Å²) >= 11 is 0. The van der Waals surface area contributed by atoms with Crippen molar-refractivity contribution in [2.75, 3.05) is 0 Å². The zero-order valence-corrected chi connectivity index (χ0v) is 22.5. The molecule has 0 aliphatic rings.